The van der Waals surface area contributed by atoms with Crippen molar-refractivity contribution in [1.82, 2.24) is 10.2 Å². The first-order chi connectivity index (χ1) is 19.0. The molecule has 39 heavy (non-hydrogen) atoms. The first-order valence-corrected chi connectivity index (χ1v) is 13.7. The molecule has 0 saturated heterocycles. The van der Waals surface area contributed by atoms with Crippen LogP contribution in [0.5, 0.6) is 11.5 Å². The van der Waals surface area contributed by atoms with Crippen LogP contribution in [-0.2, 0) is 17.8 Å². The van der Waals surface area contributed by atoms with Gasteiger partial charge in [0.15, 0.2) is 0 Å². The molecule has 3 aromatic carbocycles. The topological polar surface area (TPSA) is 67.9 Å². The second-order valence-corrected chi connectivity index (χ2v) is 9.92. The predicted octanol–water partition coefficient (Wildman–Crippen LogP) is 5.75. The zero-order valence-electron chi connectivity index (χ0n) is 22.5. The molecule has 1 aliphatic rings. The molecule has 2 amide bonds. The summed E-state index contributed by atoms with van der Waals surface area (Å²) in [6.07, 6.45) is 2.32. The van der Waals surface area contributed by atoms with Crippen LogP contribution in [-0.4, -0.2) is 48.6 Å². The average Bonchev–Trinajstić information content (AvgIpc) is 2.94. The Balaban J connectivity index is 1.19. The molecule has 0 unspecified atom stereocenters. The van der Waals surface area contributed by atoms with Gasteiger partial charge in [0.05, 0.1) is 6.54 Å². The lowest BCUT2D eigenvalue weighted by molar-refractivity contribution is -0.130. The number of alkyl halides is 1. The highest BCUT2D eigenvalue weighted by atomic mass is 19.1. The van der Waals surface area contributed by atoms with Crippen LogP contribution in [0.2, 0.25) is 0 Å². The van der Waals surface area contributed by atoms with E-state index >= 15 is 0 Å². The maximum Gasteiger partial charge on any atom is 0.251 e. The van der Waals surface area contributed by atoms with Crippen LogP contribution in [0, 0.1) is 0 Å². The van der Waals surface area contributed by atoms with Gasteiger partial charge >= 0.3 is 0 Å². The molecule has 0 aromatic heterocycles. The Morgan fingerprint density at radius 2 is 1.69 bits per heavy atom. The van der Waals surface area contributed by atoms with Gasteiger partial charge in [0.1, 0.15) is 30.4 Å². The summed E-state index contributed by atoms with van der Waals surface area (Å²) in [7, 11) is 0. The number of carbonyl (C=O) groups is 2. The van der Waals surface area contributed by atoms with E-state index in [4.69, 9.17) is 9.47 Å². The minimum absolute atomic E-state index is 0.0659. The summed E-state index contributed by atoms with van der Waals surface area (Å²) in [6, 6.07) is 24.9. The molecule has 6 nitrogen and oxygen atoms in total. The van der Waals surface area contributed by atoms with E-state index in [9.17, 15) is 14.0 Å². The van der Waals surface area contributed by atoms with Gasteiger partial charge in [-0.1, -0.05) is 55.5 Å². The van der Waals surface area contributed by atoms with E-state index in [2.05, 4.69) is 17.4 Å². The van der Waals surface area contributed by atoms with E-state index in [1.54, 1.807) is 29.2 Å². The molecule has 4 rings (SSSR count). The van der Waals surface area contributed by atoms with Crippen molar-refractivity contribution in [2.75, 3.05) is 19.6 Å². The third-order valence-electron chi connectivity index (χ3n) is 6.75. The second kappa shape index (κ2) is 14.3. The number of ether oxygens (including phenoxy) is 2. The minimum atomic E-state index is -0.802. The molecule has 1 N–H and O–H groups in total. The summed E-state index contributed by atoms with van der Waals surface area (Å²) in [6.45, 7) is 3.76. The van der Waals surface area contributed by atoms with E-state index in [0.717, 1.165) is 30.6 Å². The largest absolute Gasteiger partial charge is 0.490 e. The van der Waals surface area contributed by atoms with Crippen LogP contribution >= 0.6 is 0 Å². The lowest BCUT2D eigenvalue weighted by Crippen LogP contribution is -2.41. The molecule has 3 aromatic rings. The Morgan fingerprint density at radius 3 is 2.41 bits per heavy atom. The van der Waals surface area contributed by atoms with Gasteiger partial charge in [-0.2, -0.15) is 0 Å². The number of aryl methyl sites for hydroxylation is 1. The number of nitrogens with one attached hydrogen (secondary N) is 1. The van der Waals surface area contributed by atoms with Crippen molar-refractivity contribution in [3.8, 4) is 11.5 Å². The third kappa shape index (κ3) is 8.84. The maximum absolute atomic E-state index is 13.0. The molecule has 0 aliphatic heterocycles. The summed E-state index contributed by atoms with van der Waals surface area (Å²) in [5.74, 6) is 0.923. The van der Waals surface area contributed by atoms with E-state index in [1.807, 2.05) is 49.4 Å². The molecule has 1 saturated carbocycles. The molecule has 1 fully saturated rings. The summed E-state index contributed by atoms with van der Waals surface area (Å²) >= 11 is 0. The zero-order valence-corrected chi connectivity index (χ0v) is 22.5. The fraction of sp³-hybridized carbons (Fsp3) is 0.375. The van der Waals surface area contributed by atoms with Gasteiger partial charge in [0, 0.05) is 31.5 Å². The Labute approximate surface area is 230 Å². The monoisotopic (exact) mass is 532 g/mol. The quantitative estimate of drug-likeness (QED) is 0.287. The molecule has 0 bridgehead atoms. The molecule has 0 spiro atoms. The number of carbonyl (C=O) groups excluding carboxylic acids is 2. The lowest BCUT2D eigenvalue weighted by Gasteiger charge is -2.30. The van der Waals surface area contributed by atoms with Gasteiger partial charge in [-0.05, 0) is 60.7 Å². The van der Waals surface area contributed by atoms with E-state index in [0.29, 0.717) is 43.9 Å². The summed E-state index contributed by atoms with van der Waals surface area (Å²) in [5.41, 5.74) is 2.72. The molecule has 7 heteroatoms. The molecular weight excluding hydrogens is 495 g/mol. The number of rotatable bonds is 14. The number of hydrogen-bond donors (Lipinski definition) is 1. The number of amides is 2. The first-order valence-electron chi connectivity index (χ1n) is 13.7. The summed E-state index contributed by atoms with van der Waals surface area (Å²) in [5, 5.41) is 2.73. The highest BCUT2D eigenvalue weighted by Crippen LogP contribution is 2.28. The molecule has 1 aliphatic carbocycles. The fourth-order valence-corrected chi connectivity index (χ4v) is 4.47. The second-order valence-electron chi connectivity index (χ2n) is 9.92. The van der Waals surface area contributed by atoms with Crippen molar-refractivity contribution >= 4 is 11.8 Å². The molecule has 0 heterocycles. The Hall–Kier alpha value is -3.87. The van der Waals surface area contributed by atoms with Gasteiger partial charge in [0.25, 0.3) is 5.91 Å². The van der Waals surface area contributed by atoms with Crippen LogP contribution in [0.15, 0.2) is 78.9 Å². The molecule has 0 radical (unpaired) electrons. The van der Waals surface area contributed by atoms with Crippen LogP contribution in [0.4, 0.5) is 4.39 Å². The number of halogens is 1. The first kappa shape index (κ1) is 28.1. The van der Waals surface area contributed by atoms with Gasteiger partial charge in [-0.15, -0.1) is 0 Å². The van der Waals surface area contributed by atoms with Crippen molar-refractivity contribution in [2.45, 2.75) is 57.9 Å². The molecule has 0 atom stereocenters. The van der Waals surface area contributed by atoms with Crippen LogP contribution in [0.25, 0.3) is 0 Å². The highest BCUT2D eigenvalue weighted by molar-refractivity contribution is 5.96. The predicted molar refractivity (Wildman–Crippen MR) is 150 cm³/mol. The van der Waals surface area contributed by atoms with Gasteiger partial charge in [0.2, 0.25) is 5.91 Å². The Kier molecular flexibility index (Phi) is 10.3. The average molecular weight is 533 g/mol. The standard InChI is InChI=1S/C32H37FN2O4/c1-2-17-35(18-7-10-24-13-15-28(16-14-24)38-23-25-8-4-3-5-9-25)31(36)22-34-32(37)26-11-6-12-29(19-26)39-30-20-27(33)21-30/h3-6,8-9,11-16,19,27,30H,2,7,10,17-18,20-23H2,1H3,(H,34,37). The Bertz CT molecular complexity index is 1200. The van der Waals surface area contributed by atoms with E-state index < -0.39 is 6.17 Å². The fourth-order valence-electron chi connectivity index (χ4n) is 4.47. The number of benzene rings is 3. The number of hydrogen-bond acceptors (Lipinski definition) is 4. The SMILES string of the molecule is CCCN(CCCc1ccc(OCc2ccccc2)cc1)C(=O)CNC(=O)c1cccc(OC2CC(F)C2)c1. The van der Waals surface area contributed by atoms with Crippen molar-refractivity contribution in [3.05, 3.63) is 95.6 Å². The smallest absolute Gasteiger partial charge is 0.251 e. The summed E-state index contributed by atoms with van der Waals surface area (Å²) < 4.78 is 24.6. The Morgan fingerprint density at radius 1 is 0.923 bits per heavy atom. The molecular formula is C32H37FN2O4. The van der Waals surface area contributed by atoms with Crippen molar-refractivity contribution < 1.29 is 23.5 Å². The van der Waals surface area contributed by atoms with Gasteiger partial charge < -0.3 is 19.7 Å². The molecule has 206 valence electrons. The van der Waals surface area contributed by atoms with Crippen LogP contribution in [0.3, 0.4) is 0 Å². The van der Waals surface area contributed by atoms with E-state index in [1.165, 1.54) is 5.56 Å². The minimum Gasteiger partial charge on any atom is -0.490 e. The van der Waals surface area contributed by atoms with Crippen molar-refractivity contribution in [2.24, 2.45) is 0 Å². The highest BCUT2D eigenvalue weighted by Gasteiger charge is 2.30. The lowest BCUT2D eigenvalue weighted by atomic mass is 9.93. The summed E-state index contributed by atoms with van der Waals surface area (Å²) in [4.78, 5) is 27.3. The van der Waals surface area contributed by atoms with Gasteiger partial charge in [-0.3, -0.25) is 9.59 Å². The van der Waals surface area contributed by atoms with Crippen LogP contribution < -0.4 is 14.8 Å². The van der Waals surface area contributed by atoms with Crippen molar-refractivity contribution in [1.29, 1.82) is 0 Å². The van der Waals surface area contributed by atoms with Gasteiger partial charge in [-0.25, -0.2) is 4.39 Å². The maximum atomic E-state index is 13.0. The number of nitrogens with zero attached hydrogens (tertiary/aromatic N) is 1. The third-order valence-corrected chi connectivity index (χ3v) is 6.75. The van der Waals surface area contributed by atoms with E-state index in [-0.39, 0.29) is 24.5 Å². The normalized spacial score (nSPS) is 16.2. The van der Waals surface area contributed by atoms with Crippen LogP contribution in [0.1, 0.15) is 54.1 Å². The zero-order chi connectivity index (χ0) is 27.5. The van der Waals surface area contributed by atoms with Crippen molar-refractivity contribution in [3.63, 3.8) is 0 Å².